The van der Waals surface area contributed by atoms with Crippen LogP contribution in [0.1, 0.15) is 81.8 Å². The minimum atomic E-state index is -0.439. The first-order valence-electron chi connectivity index (χ1n) is 19.9. The van der Waals surface area contributed by atoms with Crippen LogP contribution in [0.15, 0.2) is 89.9 Å². The minimum Gasteiger partial charge on any atom is -0.338 e. The summed E-state index contributed by atoms with van der Waals surface area (Å²) in [7, 11) is 0. The molecule has 0 aromatic heterocycles. The fourth-order valence-electron chi connectivity index (χ4n) is 6.74. The van der Waals surface area contributed by atoms with Gasteiger partial charge in [0, 0.05) is 59.6 Å². The van der Waals surface area contributed by atoms with Crippen molar-refractivity contribution in [3.05, 3.63) is 96.1 Å². The van der Waals surface area contributed by atoms with Gasteiger partial charge in [0.25, 0.3) is 0 Å². The third kappa shape index (κ3) is 13.8. The maximum absolute atomic E-state index is 13.0. The molecule has 1 aliphatic rings. The van der Waals surface area contributed by atoms with E-state index in [9.17, 15) is 24.0 Å². The third-order valence-electron chi connectivity index (χ3n) is 9.65. The van der Waals surface area contributed by atoms with Gasteiger partial charge < -0.3 is 42.5 Å². The lowest BCUT2D eigenvalue weighted by molar-refractivity contribution is 0.251. The second-order valence-corrected chi connectivity index (χ2v) is 14.1. The van der Waals surface area contributed by atoms with Crippen molar-refractivity contribution < 1.29 is 24.0 Å². The molecule has 0 spiro atoms. The highest BCUT2D eigenvalue weighted by Gasteiger charge is 2.26. The molecule has 0 bridgehead atoms. The molecule has 15 heteroatoms. The largest absolute Gasteiger partial charge is 0.338 e. The predicted octanol–water partition coefficient (Wildman–Crippen LogP) is 9.72. The summed E-state index contributed by atoms with van der Waals surface area (Å²) >= 11 is 0. The first kappa shape index (κ1) is 43.0. The molecule has 8 N–H and O–H groups in total. The van der Waals surface area contributed by atoms with E-state index < -0.39 is 12.1 Å². The number of hydrogen-bond donors (Lipinski definition) is 8. The SMILES string of the molecule is CC1c2cc(NC(=O)Nc3cccc(NC(=O)NCCCCCCC#N)c3)ccc2-c2ccc(NC(=O)Nc3cccc(NC(=O)NCCCCCCN=C=O)c3)cc21. The van der Waals surface area contributed by atoms with Crippen molar-refractivity contribution >= 4 is 64.3 Å². The average molecular weight is 799 g/mol. The van der Waals surface area contributed by atoms with E-state index in [0.29, 0.717) is 60.2 Å². The maximum Gasteiger partial charge on any atom is 0.323 e. The van der Waals surface area contributed by atoms with Crippen molar-refractivity contribution in [3.8, 4) is 17.2 Å². The Morgan fingerprint density at radius 1 is 0.542 bits per heavy atom. The molecule has 1 atom stereocenters. The van der Waals surface area contributed by atoms with Crippen molar-refractivity contribution in [2.24, 2.45) is 4.99 Å². The fourth-order valence-corrected chi connectivity index (χ4v) is 6.74. The molecule has 15 nitrogen and oxygen atoms in total. The van der Waals surface area contributed by atoms with E-state index in [0.717, 1.165) is 73.6 Å². The van der Waals surface area contributed by atoms with Crippen LogP contribution in [0.5, 0.6) is 0 Å². The molecule has 0 saturated carbocycles. The van der Waals surface area contributed by atoms with Crippen LogP contribution in [0.3, 0.4) is 0 Å². The lowest BCUT2D eigenvalue weighted by atomic mass is 9.98. The molecule has 8 amide bonds. The molecule has 306 valence electrons. The number of nitrogens with one attached hydrogen (secondary N) is 8. The van der Waals surface area contributed by atoms with Crippen LogP contribution in [0.25, 0.3) is 11.1 Å². The van der Waals surface area contributed by atoms with Crippen LogP contribution >= 0.6 is 0 Å². The van der Waals surface area contributed by atoms with Crippen LogP contribution < -0.4 is 42.5 Å². The smallest absolute Gasteiger partial charge is 0.323 e. The van der Waals surface area contributed by atoms with E-state index in [1.807, 2.05) is 36.4 Å². The Morgan fingerprint density at radius 3 is 1.39 bits per heavy atom. The van der Waals surface area contributed by atoms with E-state index in [4.69, 9.17) is 5.26 Å². The van der Waals surface area contributed by atoms with Gasteiger partial charge in [0.2, 0.25) is 6.08 Å². The van der Waals surface area contributed by atoms with Gasteiger partial charge in [-0.25, -0.2) is 29.0 Å². The molecule has 0 saturated heterocycles. The summed E-state index contributed by atoms with van der Waals surface area (Å²) in [6, 6.07) is 25.9. The van der Waals surface area contributed by atoms with Crippen LogP contribution in [-0.2, 0) is 4.79 Å². The minimum absolute atomic E-state index is 0.0101. The molecule has 0 radical (unpaired) electrons. The summed E-state index contributed by atoms with van der Waals surface area (Å²) in [4.78, 5) is 64.4. The number of aliphatic imine (C=N–C) groups is 1. The molecule has 0 fully saturated rings. The van der Waals surface area contributed by atoms with Crippen molar-refractivity contribution in [2.75, 3.05) is 51.5 Å². The van der Waals surface area contributed by atoms with Gasteiger partial charge >= 0.3 is 24.1 Å². The molecule has 4 aromatic rings. The number of carbonyl (C=O) groups excluding carboxylic acids is 5. The Bertz CT molecular complexity index is 2200. The van der Waals surface area contributed by atoms with Crippen LogP contribution in [0.4, 0.5) is 53.3 Å². The second-order valence-electron chi connectivity index (χ2n) is 14.1. The van der Waals surface area contributed by atoms with Crippen LogP contribution in [0, 0.1) is 11.3 Å². The van der Waals surface area contributed by atoms with Crippen molar-refractivity contribution in [1.29, 1.82) is 5.26 Å². The molecule has 1 unspecified atom stereocenters. The zero-order valence-corrected chi connectivity index (χ0v) is 33.1. The lowest BCUT2D eigenvalue weighted by Crippen LogP contribution is -2.29. The summed E-state index contributed by atoms with van der Waals surface area (Å²) < 4.78 is 0. The number of nitrogens with zero attached hydrogens (tertiary/aromatic N) is 2. The van der Waals surface area contributed by atoms with Crippen molar-refractivity contribution in [3.63, 3.8) is 0 Å². The van der Waals surface area contributed by atoms with Gasteiger partial charge in [-0.1, -0.05) is 56.9 Å². The van der Waals surface area contributed by atoms with Gasteiger partial charge in [0.1, 0.15) is 0 Å². The number of unbranched alkanes of at least 4 members (excludes halogenated alkanes) is 7. The van der Waals surface area contributed by atoms with Crippen molar-refractivity contribution in [1.82, 2.24) is 10.6 Å². The van der Waals surface area contributed by atoms with E-state index in [2.05, 4.69) is 60.5 Å². The van der Waals surface area contributed by atoms with Gasteiger partial charge in [0.15, 0.2) is 0 Å². The topological polar surface area (TPSA) is 218 Å². The molecule has 1 aliphatic carbocycles. The summed E-state index contributed by atoms with van der Waals surface area (Å²) in [6.45, 7) is 3.59. The molecule has 4 aromatic carbocycles. The third-order valence-corrected chi connectivity index (χ3v) is 9.65. The Labute approximate surface area is 343 Å². The highest BCUT2D eigenvalue weighted by atomic mass is 16.2. The second kappa shape index (κ2) is 22.5. The van der Waals surface area contributed by atoms with E-state index in [1.54, 1.807) is 48.5 Å². The van der Waals surface area contributed by atoms with E-state index >= 15 is 0 Å². The average Bonchev–Trinajstić information content (AvgIpc) is 3.48. The number of nitriles is 1. The summed E-state index contributed by atoms with van der Waals surface area (Å²) in [5, 5.41) is 31.3. The number of rotatable bonds is 19. The number of anilines is 6. The quantitative estimate of drug-likeness (QED) is 0.0262. The van der Waals surface area contributed by atoms with Gasteiger partial charge in [-0.3, -0.25) is 0 Å². The molecule has 0 aliphatic heterocycles. The standard InChI is InChI=1S/C44H50N10O5/c1-30-39-27-35(53-43(58)51-33-15-11-13-31(25-33)49-41(56)47-23-9-4-2-3-7-21-45)17-19-37(39)38-20-18-36(28-40(30)38)54-44(59)52-34-16-12-14-32(26-34)50-42(57)48-24-10-6-5-8-22-46-29-55/h11-20,25-28,30H,2-10,22-24H2,1H3,(H2,47,49,56)(H2,48,50,57)(H2,51,53,58)(H2,52,54,59). The first-order valence-corrected chi connectivity index (χ1v) is 19.9. The van der Waals surface area contributed by atoms with Crippen molar-refractivity contribution in [2.45, 2.75) is 70.6 Å². The van der Waals surface area contributed by atoms with E-state index in [1.165, 1.54) is 6.08 Å². The first-order chi connectivity index (χ1) is 28.7. The number of isocyanates is 1. The Hall–Kier alpha value is -7.17. The predicted molar refractivity (Wildman–Crippen MR) is 232 cm³/mol. The summed E-state index contributed by atoms with van der Waals surface area (Å²) in [5.74, 6) is -0.0101. The fraction of sp³-hybridized carbons (Fsp3) is 0.318. The molecule has 5 rings (SSSR count). The molecule has 59 heavy (non-hydrogen) atoms. The summed E-state index contributed by atoms with van der Waals surface area (Å²) in [6.07, 6.45) is 9.12. The molecule has 0 heterocycles. The summed E-state index contributed by atoms with van der Waals surface area (Å²) in [5.41, 5.74) is 7.45. The number of carbonyl (C=O) groups is 4. The number of fused-ring (bicyclic) bond motifs is 3. The van der Waals surface area contributed by atoms with Gasteiger partial charge in [-0.15, -0.1) is 0 Å². The highest BCUT2D eigenvalue weighted by Crippen LogP contribution is 2.46. The Balaban J connectivity index is 1.07. The van der Waals surface area contributed by atoms with Gasteiger partial charge in [-0.2, -0.15) is 5.26 Å². The number of amides is 8. The van der Waals surface area contributed by atoms with E-state index in [-0.39, 0.29) is 18.0 Å². The Kier molecular flexibility index (Phi) is 16.4. The Morgan fingerprint density at radius 2 is 0.949 bits per heavy atom. The van der Waals surface area contributed by atoms with Crippen LogP contribution in [-0.4, -0.2) is 49.8 Å². The molecular formula is C44H50N10O5. The number of hydrogen-bond acceptors (Lipinski definition) is 7. The normalized spacial score (nSPS) is 12.0. The maximum atomic E-state index is 13.0. The lowest BCUT2D eigenvalue weighted by Gasteiger charge is -2.13. The van der Waals surface area contributed by atoms with Gasteiger partial charge in [-0.05, 0) is 109 Å². The van der Waals surface area contributed by atoms with Crippen LogP contribution in [0.2, 0.25) is 0 Å². The highest BCUT2D eigenvalue weighted by molar-refractivity contribution is 6.02. The monoisotopic (exact) mass is 798 g/mol. The number of urea groups is 4. The van der Waals surface area contributed by atoms with Gasteiger partial charge in [0.05, 0.1) is 12.6 Å². The molecular weight excluding hydrogens is 749 g/mol. The zero-order valence-electron chi connectivity index (χ0n) is 33.1. The zero-order chi connectivity index (χ0) is 41.8. The number of benzene rings is 4.